The molecule has 0 aliphatic heterocycles. The van der Waals surface area contributed by atoms with Crippen molar-refractivity contribution in [3.8, 4) is 0 Å². The van der Waals surface area contributed by atoms with Crippen LogP contribution in [0.3, 0.4) is 0 Å². The van der Waals surface area contributed by atoms with Gasteiger partial charge in [0.15, 0.2) is 5.82 Å². The molecule has 0 saturated carbocycles. The lowest BCUT2D eigenvalue weighted by Gasteiger charge is -2.16. The summed E-state index contributed by atoms with van der Waals surface area (Å²) in [4.78, 5) is 6.59. The Morgan fingerprint density at radius 3 is 2.57 bits per heavy atom. The van der Waals surface area contributed by atoms with Crippen LogP contribution in [0.4, 0.5) is 0 Å². The van der Waals surface area contributed by atoms with Gasteiger partial charge in [0, 0.05) is 13.0 Å². The van der Waals surface area contributed by atoms with Crippen molar-refractivity contribution in [3.63, 3.8) is 0 Å². The Bertz CT molecular complexity index is 257. The predicted octanol–water partition coefficient (Wildman–Crippen LogP) is 1.43. The maximum atomic E-state index is 5.61. The number of H-pyrrole nitrogens is 1. The zero-order valence-corrected chi connectivity index (χ0v) is 9.51. The molecule has 0 fully saturated rings. The fraction of sp³-hybridized carbons (Fsp3) is 0.778. The number of nitrogens with zero attached hydrogens (tertiary/aromatic N) is 3. The second kappa shape index (κ2) is 5.98. The van der Waals surface area contributed by atoms with Crippen LogP contribution < -0.4 is 0 Å². The van der Waals surface area contributed by atoms with E-state index >= 15 is 0 Å². The fourth-order valence-corrected chi connectivity index (χ4v) is 1.42. The van der Waals surface area contributed by atoms with Gasteiger partial charge in [0.1, 0.15) is 5.82 Å². The molecule has 0 amide bonds. The Kier molecular flexibility index (Phi) is 4.90. The van der Waals surface area contributed by atoms with Gasteiger partial charge in [-0.25, -0.2) is 4.98 Å². The van der Waals surface area contributed by atoms with Crippen LogP contribution in [0.1, 0.15) is 25.5 Å². The van der Waals surface area contributed by atoms with Gasteiger partial charge in [-0.1, -0.05) is 13.8 Å². The molecule has 0 aromatic carbocycles. The van der Waals surface area contributed by atoms with E-state index in [2.05, 4.69) is 33.9 Å². The first kappa shape index (κ1) is 11.5. The number of alkyl halides is 1. The molecule has 0 aliphatic carbocycles. The number of hydrogen-bond acceptors (Lipinski definition) is 3. The van der Waals surface area contributed by atoms with Crippen molar-refractivity contribution in [3.05, 3.63) is 11.6 Å². The van der Waals surface area contributed by atoms with Crippen LogP contribution in [0.15, 0.2) is 0 Å². The van der Waals surface area contributed by atoms with E-state index in [1.54, 1.807) is 0 Å². The monoisotopic (exact) mass is 216 g/mol. The molecule has 4 nitrogen and oxygen atoms in total. The average molecular weight is 217 g/mol. The highest BCUT2D eigenvalue weighted by Gasteiger charge is 2.04. The molecule has 0 saturated heterocycles. The van der Waals surface area contributed by atoms with Gasteiger partial charge in [-0.3, -0.25) is 5.10 Å². The van der Waals surface area contributed by atoms with E-state index in [1.165, 1.54) is 0 Å². The van der Waals surface area contributed by atoms with E-state index in [9.17, 15) is 0 Å². The second-order valence-electron chi connectivity index (χ2n) is 3.11. The molecule has 1 rings (SSSR count). The maximum absolute atomic E-state index is 5.61. The molecule has 0 radical (unpaired) electrons. The van der Waals surface area contributed by atoms with Crippen molar-refractivity contribution in [2.45, 2.75) is 26.1 Å². The third kappa shape index (κ3) is 3.27. The summed E-state index contributed by atoms with van der Waals surface area (Å²) in [7, 11) is 0. The summed E-state index contributed by atoms with van der Waals surface area (Å²) in [6.45, 7) is 7.47. The van der Waals surface area contributed by atoms with Crippen LogP contribution in [0.2, 0.25) is 0 Å². The van der Waals surface area contributed by atoms with Gasteiger partial charge in [-0.05, 0) is 13.1 Å². The van der Waals surface area contributed by atoms with Gasteiger partial charge in [0.05, 0.1) is 5.88 Å². The summed E-state index contributed by atoms with van der Waals surface area (Å²) in [6, 6.07) is 0. The van der Waals surface area contributed by atoms with Gasteiger partial charge in [-0.15, -0.1) is 11.6 Å². The quantitative estimate of drug-likeness (QED) is 0.732. The molecule has 0 aliphatic rings. The molecule has 14 heavy (non-hydrogen) atoms. The van der Waals surface area contributed by atoms with E-state index in [4.69, 9.17) is 11.6 Å². The first-order valence-corrected chi connectivity index (χ1v) is 5.52. The minimum Gasteiger partial charge on any atom is -0.303 e. The highest BCUT2D eigenvalue weighted by Crippen LogP contribution is 1.98. The minimum absolute atomic E-state index is 0.401. The van der Waals surface area contributed by atoms with Crippen LogP contribution in [-0.4, -0.2) is 39.7 Å². The standard InChI is InChI=1S/C9H17ClN4/c1-3-14(4-2)6-5-8-11-9(7-10)13-12-8/h3-7H2,1-2H3,(H,11,12,13). The summed E-state index contributed by atoms with van der Waals surface area (Å²) >= 11 is 5.61. The topological polar surface area (TPSA) is 44.8 Å². The second-order valence-corrected chi connectivity index (χ2v) is 3.38. The van der Waals surface area contributed by atoms with E-state index in [0.717, 1.165) is 37.7 Å². The maximum Gasteiger partial charge on any atom is 0.152 e. The molecule has 1 aromatic heterocycles. The lowest BCUT2D eigenvalue weighted by atomic mass is 10.3. The van der Waals surface area contributed by atoms with Crippen LogP contribution in [0, 0.1) is 0 Å². The lowest BCUT2D eigenvalue weighted by molar-refractivity contribution is 0.306. The van der Waals surface area contributed by atoms with Gasteiger partial charge in [0.25, 0.3) is 0 Å². The molecule has 0 spiro atoms. The SMILES string of the molecule is CCN(CC)CCc1n[nH]c(CCl)n1. The number of rotatable bonds is 6. The zero-order chi connectivity index (χ0) is 10.4. The molecule has 0 atom stereocenters. The Labute approximate surface area is 89.7 Å². The van der Waals surface area contributed by atoms with Crippen LogP contribution in [0.25, 0.3) is 0 Å². The van der Waals surface area contributed by atoms with Crippen molar-refractivity contribution in [2.24, 2.45) is 0 Å². The van der Waals surface area contributed by atoms with Crippen LogP contribution >= 0.6 is 11.6 Å². The van der Waals surface area contributed by atoms with E-state index < -0.39 is 0 Å². The van der Waals surface area contributed by atoms with Crippen molar-refractivity contribution in [1.29, 1.82) is 0 Å². The van der Waals surface area contributed by atoms with Crippen molar-refractivity contribution >= 4 is 11.6 Å². The van der Waals surface area contributed by atoms with Gasteiger partial charge < -0.3 is 4.90 Å². The third-order valence-corrected chi connectivity index (χ3v) is 2.50. The Balaban J connectivity index is 2.37. The minimum atomic E-state index is 0.401. The van der Waals surface area contributed by atoms with Crippen molar-refractivity contribution < 1.29 is 0 Å². The summed E-state index contributed by atoms with van der Waals surface area (Å²) in [5.74, 6) is 2.01. The van der Waals surface area contributed by atoms with Gasteiger partial charge in [-0.2, -0.15) is 5.10 Å². The highest BCUT2D eigenvalue weighted by molar-refractivity contribution is 6.16. The summed E-state index contributed by atoms with van der Waals surface area (Å²) < 4.78 is 0. The van der Waals surface area contributed by atoms with E-state index in [1.807, 2.05) is 0 Å². The first-order valence-electron chi connectivity index (χ1n) is 4.98. The number of aromatic amines is 1. The number of likely N-dealkylation sites (N-methyl/N-ethyl adjacent to an activating group) is 1. The molecule has 1 aromatic rings. The Morgan fingerprint density at radius 1 is 1.36 bits per heavy atom. The molecular weight excluding hydrogens is 200 g/mol. The molecule has 1 heterocycles. The smallest absolute Gasteiger partial charge is 0.152 e. The molecular formula is C9H17ClN4. The van der Waals surface area contributed by atoms with Crippen LogP contribution in [0.5, 0.6) is 0 Å². The third-order valence-electron chi connectivity index (χ3n) is 2.25. The molecule has 0 bridgehead atoms. The molecule has 1 N–H and O–H groups in total. The number of hydrogen-bond donors (Lipinski definition) is 1. The van der Waals surface area contributed by atoms with Crippen molar-refractivity contribution in [2.75, 3.05) is 19.6 Å². The van der Waals surface area contributed by atoms with E-state index in [0.29, 0.717) is 5.88 Å². The predicted molar refractivity (Wildman–Crippen MR) is 57.4 cm³/mol. The molecule has 5 heteroatoms. The van der Waals surface area contributed by atoms with Gasteiger partial charge in [0.2, 0.25) is 0 Å². The van der Waals surface area contributed by atoms with Crippen molar-refractivity contribution in [1.82, 2.24) is 20.1 Å². The zero-order valence-electron chi connectivity index (χ0n) is 8.76. The Hall–Kier alpha value is -0.610. The van der Waals surface area contributed by atoms with Gasteiger partial charge >= 0.3 is 0 Å². The summed E-state index contributed by atoms with van der Waals surface area (Å²) in [6.07, 6.45) is 0.884. The molecule has 80 valence electrons. The number of halogens is 1. The first-order chi connectivity index (χ1) is 6.80. The average Bonchev–Trinajstić information content (AvgIpc) is 2.67. The molecule has 0 unspecified atom stereocenters. The number of nitrogens with one attached hydrogen (secondary N) is 1. The largest absolute Gasteiger partial charge is 0.303 e. The summed E-state index contributed by atoms with van der Waals surface area (Å²) in [5.41, 5.74) is 0. The normalized spacial score (nSPS) is 11.1. The van der Waals surface area contributed by atoms with Crippen LogP contribution in [-0.2, 0) is 12.3 Å². The highest BCUT2D eigenvalue weighted by atomic mass is 35.5. The fourth-order valence-electron chi connectivity index (χ4n) is 1.30. The van der Waals surface area contributed by atoms with E-state index in [-0.39, 0.29) is 0 Å². The number of aromatic nitrogens is 3. The Morgan fingerprint density at radius 2 is 2.07 bits per heavy atom. The lowest BCUT2D eigenvalue weighted by Crippen LogP contribution is -2.25. The summed E-state index contributed by atoms with van der Waals surface area (Å²) in [5, 5.41) is 6.88.